The third-order valence-corrected chi connectivity index (χ3v) is 5.01. The van der Waals surface area contributed by atoms with Gasteiger partial charge in [-0.15, -0.1) is 0 Å². The van der Waals surface area contributed by atoms with E-state index in [0.717, 1.165) is 0 Å². The Kier molecular flexibility index (Phi) is 5.08. The molecule has 128 valence electrons. The van der Waals surface area contributed by atoms with Crippen LogP contribution in [0, 0.1) is 6.92 Å². The molecule has 0 radical (unpaired) electrons. The van der Waals surface area contributed by atoms with Gasteiger partial charge in [0.2, 0.25) is 0 Å². The Morgan fingerprint density at radius 3 is 1.64 bits per heavy atom. The fraction of sp³-hybridized carbons (Fsp3) is 0.280. The van der Waals surface area contributed by atoms with Crippen molar-refractivity contribution in [2.45, 2.75) is 46.5 Å². The van der Waals surface area contributed by atoms with E-state index in [4.69, 9.17) is 0 Å². The maximum absolute atomic E-state index is 2.42. The van der Waals surface area contributed by atoms with Gasteiger partial charge in [-0.2, -0.15) is 0 Å². The first-order chi connectivity index (χ1) is 12.0. The van der Waals surface area contributed by atoms with E-state index >= 15 is 0 Å². The summed E-state index contributed by atoms with van der Waals surface area (Å²) >= 11 is 0. The van der Waals surface area contributed by atoms with E-state index < -0.39 is 0 Å². The van der Waals surface area contributed by atoms with Gasteiger partial charge in [-0.25, -0.2) is 0 Å². The largest absolute Gasteiger partial charge is 0.0622 e. The summed E-state index contributed by atoms with van der Waals surface area (Å²) in [5.41, 5.74) is 9.77. The first kappa shape index (κ1) is 17.5. The van der Waals surface area contributed by atoms with Crippen molar-refractivity contribution < 1.29 is 0 Å². The molecule has 3 rings (SSSR count). The Morgan fingerprint density at radius 2 is 1.16 bits per heavy atom. The van der Waals surface area contributed by atoms with Crippen LogP contribution in [0.25, 0.3) is 22.3 Å². The molecular weight excluding hydrogens is 300 g/mol. The molecule has 0 aliphatic heterocycles. The van der Waals surface area contributed by atoms with E-state index in [-0.39, 0.29) is 0 Å². The van der Waals surface area contributed by atoms with Crippen LogP contribution >= 0.6 is 0 Å². The Bertz CT molecular complexity index is 840. The first-order valence-electron chi connectivity index (χ1n) is 9.29. The van der Waals surface area contributed by atoms with E-state index in [1.165, 1.54) is 38.9 Å². The molecule has 0 fully saturated rings. The molecule has 0 spiro atoms. The molecule has 0 saturated carbocycles. The minimum atomic E-state index is 0.482. The van der Waals surface area contributed by atoms with Gasteiger partial charge in [-0.3, -0.25) is 0 Å². The van der Waals surface area contributed by atoms with Crippen LogP contribution in [0.2, 0.25) is 0 Å². The molecule has 0 unspecified atom stereocenters. The summed E-state index contributed by atoms with van der Waals surface area (Å²) in [6.07, 6.45) is 0. The maximum Gasteiger partial charge on any atom is -0.0112 e. The minimum Gasteiger partial charge on any atom is -0.0622 e. The summed E-state index contributed by atoms with van der Waals surface area (Å²) in [7, 11) is 0. The lowest BCUT2D eigenvalue weighted by Gasteiger charge is -2.25. The van der Waals surface area contributed by atoms with Crippen LogP contribution < -0.4 is 0 Å². The van der Waals surface area contributed by atoms with Crippen molar-refractivity contribution in [2.75, 3.05) is 0 Å². The lowest BCUT2D eigenvalue weighted by molar-refractivity contribution is 0.832. The second-order valence-electron chi connectivity index (χ2n) is 7.47. The molecule has 0 aliphatic carbocycles. The molecule has 0 amide bonds. The molecule has 0 heterocycles. The highest BCUT2D eigenvalue weighted by Gasteiger charge is 2.21. The van der Waals surface area contributed by atoms with Crippen molar-refractivity contribution in [3.8, 4) is 22.3 Å². The molecule has 0 bridgehead atoms. The van der Waals surface area contributed by atoms with Gasteiger partial charge in [-0.1, -0.05) is 88.4 Å². The molecule has 25 heavy (non-hydrogen) atoms. The van der Waals surface area contributed by atoms with Gasteiger partial charge in [0.1, 0.15) is 0 Å². The highest BCUT2D eigenvalue weighted by atomic mass is 14.2. The van der Waals surface area contributed by atoms with E-state index in [0.29, 0.717) is 11.8 Å². The van der Waals surface area contributed by atoms with Crippen molar-refractivity contribution in [3.05, 3.63) is 83.4 Å². The van der Waals surface area contributed by atoms with E-state index in [2.05, 4.69) is 101 Å². The average molecular weight is 328 g/mol. The molecule has 0 saturated heterocycles. The molecule has 0 N–H and O–H groups in total. The Hall–Kier alpha value is -2.34. The molecule has 0 atom stereocenters. The van der Waals surface area contributed by atoms with Gasteiger partial charge >= 0.3 is 0 Å². The van der Waals surface area contributed by atoms with Gasteiger partial charge in [0.25, 0.3) is 0 Å². The summed E-state index contributed by atoms with van der Waals surface area (Å²) in [5, 5.41) is 0. The number of benzene rings is 3. The van der Waals surface area contributed by atoms with Crippen LogP contribution in [0.5, 0.6) is 0 Å². The van der Waals surface area contributed by atoms with Crippen molar-refractivity contribution in [1.82, 2.24) is 0 Å². The summed E-state index contributed by atoms with van der Waals surface area (Å²) in [6, 6.07) is 24.1. The number of hydrogen-bond donors (Lipinski definition) is 0. The molecule has 0 heteroatoms. The molecular formula is C25H28. The fourth-order valence-corrected chi connectivity index (χ4v) is 3.85. The van der Waals surface area contributed by atoms with Gasteiger partial charge in [0.05, 0.1) is 0 Å². The van der Waals surface area contributed by atoms with E-state index in [1.807, 2.05) is 0 Å². The van der Waals surface area contributed by atoms with Crippen LogP contribution in [0.4, 0.5) is 0 Å². The van der Waals surface area contributed by atoms with Gasteiger partial charge in [0.15, 0.2) is 0 Å². The van der Waals surface area contributed by atoms with Crippen LogP contribution in [-0.4, -0.2) is 0 Å². The zero-order chi connectivity index (χ0) is 18.0. The monoisotopic (exact) mass is 328 g/mol. The topological polar surface area (TPSA) is 0 Å². The van der Waals surface area contributed by atoms with Crippen LogP contribution in [0.1, 0.15) is 56.2 Å². The van der Waals surface area contributed by atoms with E-state index in [9.17, 15) is 0 Å². The number of rotatable bonds is 4. The summed E-state index contributed by atoms with van der Waals surface area (Å²) in [6.45, 7) is 11.5. The SMILES string of the molecule is Cc1c(-c2ccccc2)cc(C(C)C)c(-c2ccccc2)c1C(C)C. The molecule has 3 aromatic carbocycles. The van der Waals surface area contributed by atoms with Crippen molar-refractivity contribution in [3.63, 3.8) is 0 Å². The lowest BCUT2D eigenvalue weighted by Crippen LogP contribution is -2.05. The standard InChI is InChI=1S/C25H28/c1-17(2)22-16-23(20-12-8-6-9-13-20)19(5)24(18(3)4)25(22)21-14-10-7-11-15-21/h6-18H,1-5H3. The van der Waals surface area contributed by atoms with Crippen LogP contribution in [0.15, 0.2) is 66.7 Å². The minimum absolute atomic E-state index is 0.482. The van der Waals surface area contributed by atoms with Gasteiger partial charge in [-0.05, 0) is 63.8 Å². The number of hydrogen-bond acceptors (Lipinski definition) is 0. The average Bonchev–Trinajstić information content (AvgIpc) is 2.62. The highest BCUT2D eigenvalue weighted by molar-refractivity contribution is 5.81. The van der Waals surface area contributed by atoms with Crippen LogP contribution in [0.3, 0.4) is 0 Å². The Labute approximate surface area is 152 Å². The fourth-order valence-electron chi connectivity index (χ4n) is 3.85. The van der Waals surface area contributed by atoms with Crippen molar-refractivity contribution in [1.29, 1.82) is 0 Å². The second kappa shape index (κ2) is 7.27. The Morgan fingerprint density at radius 1 is 0.640 bits per heavy atom. The third kappa shape index (κ3) is 3.39. The molecule has 3 aromatic rings. The second-order valence-corrected chi connectivity index (χ2v) is 7.47. The first-order valence-corrected chi connectivity index (χ1v) is 9.29. The Balaban J connectivity index is 2.38. The zero-order valence-electron chi connectivity index (χ0n) is 16.0. The van der Waals surface area contributed by atoms with Crippen molar-refractivity contribution in [2.24, 2.45) is 0 Å². The summed E-state index contributed by atoms with van der Waals surface area (Å²) in [4.78, 5) is 0. The smallest absolute Gasteiger partial charge is 0.0112 e. The van der Waals surface area contributed by atoms with Gasteiger partial charge < -0.3 is 0 Å². The predicted octanol–water partition coefficient (Wildman–Crippen LogP) is 7.58. The predicted molar refractivity (Wildman–Crippen MR) is 110 cm³/mol. The highest BCUT2D eigenvalue weighted by Crippen LogP contribution is 2.42. The third-order valence-electron chi connectivity index (χ3n) is 5.01. The normalized spacial score (nSPS) is 11.3. The maximum atomic E-state index is 2.42. The van der Waals surface area contributed by atoms with E-state index in [1.54, 1.807) is 0 Å². The van der Waals surface area contributed by atoms with Gasteiger partial charge in [0, 0.05) is 0 Å². The van der Waals surface area contributed by atoms with Crippen molar-refractivity contribution >= 4 is 0 Å². The summed E-state index contributed by atoms with van der Waals surface area (Å²) < 4.78 is 0. The zero-order valence-corrected chi connectivity index (χ0v) is 16.0. The lowest BCUT2D eigenvalue weighted by atomic mass is 9.79. The quantitative estimate of drug-likeness (QED) is 0.463. The molecule has 0 aromatic heterocycles. The molecule has 0 aliphatic rings. The van der Waals surface area contributed by atoms with Crippen LogP contribution in [-0.2, 0) is 0 Å². The molecule has 0 nitrogen and oxygen atoms in total. The summed E-state index contributed by atoms with van der Waals surface area (Å²) in [5.74, 6) is 0.965.